The van der Waals surface area contributed by atoms with Crippen LogP contribution in [0.1, 0.15) is 34.7 Å². The minimum Gasteiger partial charge on any atom is -0.478 e. The number of aryl methyl sites for hydroxylation is 2. The molecule has 1 atom stereocenters. The van der Waals surface area contributed by atoms with E-state index < -0.39 is 16.0 Å². The third-order valence-corrected chi connectivity index (χ3v) is 6.19. The molecule has 1 aliphatic heterocycles. The molecule has 6 nitrogen and oxygen atoms in total. The number of hydrogen-bond donors (Lipinski definition) is 2. The number of thioether (sulfide) groups is 1. The van der Waals surface area contributed by atoms with Gasteiger partial charge in [-0.25, -0.2) is 17.9 Å². The lowest BCUT2D eigenvalue weighted by Gasteiger charge is -2.11. The van der Waals surface area contributed by atoms with Crippen LogP contribution in [0.2, 0.25) is 0 Å². The van der Waals surface area contributed by atoms with Crippen LogP contribution in [-0.4, -0.2) is 37.0 Å². The molecule has 1 saturated heterocycles. The summed E-state index contributed by atoms with van der Waals surface area (Å²) in [5.74, 6) is -0.0524. The van der Waals surface area contributed by atoms with Gasteiger partial charge in [-0.3, -0.25) is 0 Å². The van der Waals surface area contributed by atoms with E-state index in [2.05, 4.69) is 4.72 Å². The van der Waals surface area contributed by atoms with Gasteiger partial charge >= 0.3 is 5.97 Å². The molecule has 1 aromatic rings. The second kappa shape index (κ2) is 5.79. The number of carboxylic acids is 1. The molecule has 20 heavy (non-hydrogen) atoms. The van der Waals surface area contributed by atoms with Crippen LogP contribution in [0, 0.1) is 13.8 Å². The molecule has 1 aliphatic rings. The van der Waals surface area contributed by atoms with Crippen molar-refractivity contribution in [1.82, 2.24) is 4.72 Å². The van der Waals surface area contributed by atoms with Crippen LogP contribution < -0.4 is 4.72 Å². The molecule has 1 aromatic heterocycles. The first-order valence-corrected chi connectivity index (χ1v) is 8.80. The zero-order valence-corrected chi connectivity index (χ0v) is 12.9. The number of carbonyl (C=O) groups is 1. The molecule has 0 bridgehead atoms. The lowest BCUT2D eigenvalue weighted by molar-refractivity contribution is 0.0691. The maximum atomic E-state index is 12.3. The number of rotatable bonds is 5. The summed E-state index contributed by atoms with van der Waals surface area (Å²) < 4.78 is 32.3. The summed E-state index contributed by atoms with van der Waals surface area (Å²) in [5.41, 5.74) is -0.283. The maximum absolute atomic E-state index is 12.3. The van der Waals surface area contributed by atoms with E-state index >= 15 is 0 Å². The zero-order valence-electron chi connectivity index (χ0n) is 11.3. The summed E-state index contributed by atoms with van der Waals surface area (Å²) in [5, 5.41) is 9.40. The highest BCUT2D eigenvalue weighted by Crippen LogP contribution is 2.28. The van der Waals surface area contributed by atoms with E-state index in [1.54, 1.807) is 11.8 Å². The van der Waals surface area contributed by atoms with Crippen molar-refractivity contribution in [2.24, 2.45) is 0 Å². The number of aromatic carboxylic acids is 1. The van der Waals surface area contributed by atoms with Crippen LogP contribution in [0.4, 0.5) is 0 Å². The largest absolute Gasteiger partial charge is 0.478 e. The highest BCUT2D eigenvalue weighted by atomic mass is 32.2. The first kappa shape index (κ1) is 15.4. The minimum absolute atomic E-state index is 0.102. The van der Waals surface area contributed by atoms with Gasteiger partial charge in [0.25, 0.3) is 0 Å². The number of hydrogen-bond acceptors (Lipinski definition) is 5. The molecule has 112 valence electrons. The van der Waals surface area contributed by atoms with Crippen molar-refractivity contribution in [3.63, 3.8) is 0 Å². The van der Waals surface area contributed by atoms with E-state index in [4.69, 9.17) is 9.52 Å². The molecule has 0 aliphatic carbocycles. The van der Waals surface area contributed by atoms with Crippen molar-refractivity contribution < 1.29 is 22.7 Å². The Bertz CT molecular complexity index is 614. The number of sulfonamides is 1. The van der Waals surface area contributed by atoms with Gasteiger partial charge in [-0.05, 0) is 32.4 Å². The molecule has 2 rings (SSSR count). The van der Waals surface area contributed by atoms with E-state index in [-0.39, 0.29) is 27.2 Å². The highest BCUT2D eigenvalue weighted by Gasteiger charge is 2.31. The number of furan rings is 1. The molecule has 2 N–H and O–H groups in total. The molecule has 0 aromatic carbocycles. The predicted molar refractivity (Wildman–Crippen MR) is 75.8 cm³/mol. The average Bonchev–Trinajstić information content (AvgIpc) is 2.94. The molecule has 0 radical (unpaired) electrons. The molecule has 8 heteroatoms. The Morgan fingerprint density at radius 2 is 2.15 bits per heavy atom. The average molecular weight is 319 g/mol. The lowest BCUT2D eigenvalue weighted by Crippen LogP contribution is -2.31. The van der Waals surface area contributed by atoms with E-state index in [1.165, 1.54) is 13.8 Å². The highest BCUT2D eigenvalue weighted by molar-refractivity contribution is 8.00. The molecule has 0 spiro atoms. The standard InChI is InChI=1S/C12H17NO5S2/c1-7-10(12(14)15)11(8(2)18-7)20(16,17)13-6-9-4-3-5-19-9/h9,13H,3-6H2,1-2H3,(H,14,15). The third-order valence-electron chi connectivity index (χ3n) is 3.21. The van der Waals surface area contributed by atoms with Crippen molar-refractivity contribution in [3.05, 3.63) is 17.1 Å². The van der Waals surface area contributed by atoms with Gasteiger partial charge in [-0.1, -0.05) is 0 Å². The fourth-order valence-corrected chi connectivity index (χ4v) is 5.11. The van der Waals surface area contributed by atoms with E-state index in [0.717, 1.165) is 18.6 Å². The van der Waals surface area contributed by atoms with E-state index in [1.807, 2.05) is 0 Å². The van der Waals surface area contributed by atoms with Gasteiger partial charge in [0.15, 0.2) is 0 Å². The Kier molecular flexibility index (Phi) is 4.46. The van der Waals surface area contributed by atoms with Crippen molar-refractivity contribution in [1.29, 1.82) is 0 Å². The van der Waals surface area contributed by atoms with Gasteiger partial charge in [-0.2, -0.15) is 11.8 Å². The summed E-state index contributed by atoms with van der Waals surface area (Å²) in [6.07, 6.45) is 2.06. The third kappa shape index (κ3) is 3.02. The quantitative estimate of drug-likeness (QED) is 0.858. The Morgan fingerprint density at radius 3 is 2.70 bits per heavy atom. The summed E-state index contributed by atoms with van der Waals surface area (Å²) in [6, 6.07) is 0. The Hall–Kier alpha value is -0.990. The van der Waals surface area contributed by atoms with Crippen molar-refractivity contribution >= 4 is 27.8 Å². The molecular formula is C12H17NO5S2. The minimum atomic E-state index is -3.87. The first-order chi connectivity index (χ1) is 9.33. The normalized spacial score (nSPS) is 19.4. The van der Waals surface area contributed by atoms with Gasteiger partial charge in [0.05, 0.1) is 0 Å². The Balaban J connectivity index is 2.26. The predicted octanol–water partition coefficient (Wildman–Crippen LogP) is 1.77. The molecule has 0 saturated carbocycles. The lowest BCUT2D eigenvalue weighted by atomic mass is 10.2. The summed E-state index contributed by atoms with van der Waals surface area (Å²) in [4.78, 5) is 10.9. The Morgan fingerprint density at radius 1 is 1.45 bits per heavy atom. The van der Waals surface area contributed by atoms with E-state index in [0.29, 0.717) is 6.54 Å². The molecule has 1 unspecified atom stereocenters. The van der Waals surface area contributed by atoms with Crippen LogP contribution in [0.25, 0.3) is 0 Å². The number of carboxylic acid groups (broad SMARTS) is 1. The van der Waals surface area contributed by atoms with E-state index in [9.17, 15) is 13.2 Å². The van der Waals surface area contributed by atoms with Crippen molar-refractivity contribution in [3.8, 4) is 0 Å². The molecule has 2 heterocycles. The first-order valence-electron chi connectivity index (χ1n) is 6.27. The molecule has 1 fully saturated rings. The summed E-state index contributed by atoms with van der Waals surface area (Å²) in [7, 11) is -3.87. The summed E-state index contributed by atoms with van der Waals surface area (Å²) in [6.45, 7) is 3.22. The number of nitrogens with one attached hydrogen (secondary N) is 1. The summed E-state index contributed by atoms with van der Waals surface area (Å²) >= 11 is 1.73. The second-order valence-corrected chi connectivity index (χ2v) is 7.82. The van der Waals surface area contributed by atoms with Crippen LogP contribution >= 0.6 is 11.8 Å². The van der Waals surface area contributed by atoms with Gasteiger partial charge < -0.3 is 9.52 Å². The second-order valence-electron chi connectivity index (χ2n) is 4.71. The molecular weight excluding hydrogens is 302 g/mol. The van der Waals surface area contributed by atoms with Crippen molar-refractivity contribution in [2.45, 2.75) is 36.8 Å². The fourth-order valence-electron chi connectivity index (χ4n) is 2.31. The Labute approximate surface area is 122 Å². The maximum Gasteiger partial charge on any atom is 0.340 e. The fraction of sp³-hybridized carbons (Fsp3) is 0.583. The van der Waals surface area contributed by atoms with Crippen LogP contribution in [0.5, 0.6) is 0 Å². The van der Waals surface area contributed by atoms with Gasteiger partial charge in [0.2, 0.25) is 10.0 Å². The van der Waals surface area contributed by atoms with Crippen LogP contribution in [0.3, 0.4) is 0 Å². The molecule has 0 amide bonds. The monoisotopic (exact) mass is 319 g/mol. The van der Waals surface area contributed by atoms with Crippen LogP contribution in [-0.2, 0) is 10.0 Å². The van der Waals surface area contributed by atoms with Gasteiger partial charge in [-0.15, -0.1) is 0 Å². The van der Waals surface area contributed by atoms with Gasteiger partial charge in [0.1, 0.15) is 22.0 Å². The smallest absolute Gasteiger partial charge is 0.340 e. The zero-order chi connectivity index (χ0) is 14.9. The SMILES string of the molecule is Cc1oc(C)c(S(=O)(=O)NCC2CCCS2)c1C(=O)O. The van der Waals surface area contributed by atoms with Gasteiger partial charge in [0, 0.05) is 11.8 Å². The topological polar surface area (TPSA) is 96.6 Å². The van der Waals surface area contributed by atoms with Crippen LogP contribution in [0.15, 0.2) is 9.31 Å². The van der Waals surface area contributed by atoms with Crippen molar-refractivity contribution in [2.75, 3.05) is 12.3 Å².